The van der Waals surface area contributed by atoms with Crippen LogP contribution in [0.15, 0.2) is 42.7 Å². The highest BCUT2D eigenvalue weighted by Gasteiger charge is 2.17. The molecule has 0 saturated carbocycles. The molecule has 0 spiro atoms. The number of ether oxygens (including phenoxy) is 1. The van der Waals surface area contributed by atoms with Gasteiger partial charge in [0.25, 0.3) is 5.91 Å². The van der Waals surface area contributed by atoms with E-state index in [0.717, 1.165) is 5.69 Å². The summed E-state index contributed by atoms with van der Waals surface area (Å²) in [6, 6.07) is 9.06. The first-order valence-electron chi connectivity index (χ1n) is 7.07. The molecule has 0 fully saturated rings. The third kappa shape index (κ3) is 4.34. The van der Waals surface area contributed by atoms with Gasteiger partial charge < -0.3 is 15.4 Å². The fourth-order valence-corrected chi connectivity index (χ4v) is 2.05. The van der Waals surface area contributed by atoms with Crippen LogP contribution in [0.2, 0.25) is 0 Å². The van der Waals surface area contributed by atoms with E-state index >= 15 is 0 Å². The van der Waals surface area contributed by atoms with E-state index in [2.05, 4.69) is 9.97 Å². The number of hydrogen-bond donors (Lipinski definition) is 1. The number of hydrogen-bond acceptors (Lipinski definition) is 5. The summed E-state index contributed by atoms with van der Waals surface area (Å²) >= 11 is 0. The quantitative estimate of drug-likeness (QED) is 0.831. The molecule has 0 radical (unpaired) electrons. The van der Waals surface area contributed by atoms with Crippen molar-refractivity contribution in [1.82, 2.24) is 14.9 Å². The van der Waals surface area contributed by atoms with Crippen LogP contribution in [0.1, 0.15) is 21.7 Å². The lowest BCUT2D eigenvalue weighted by molar-refractivity contribution is 0.0677. The van der Waals surface area contributed by atoms with Crippen LogP contribution >= 0.6 is 0 Å². The molecule has 6 nitrogen and oxygen atoms in total. The summed E-state index contributed by atoms with van der Waals surface area (Å²) in [6.45, 7) is 1.70. The highest BCUT2D eigenvalue weighted by Crippen LogP contribution is 2.09. The Morgan fingerprint density at radius 2 is 2.05 bits per heavy atom. The molecule has 0 saturated heterocycles. The first kappa shape index (κ1) is 16.1. The van der Waals surface area contributed by atoms with E-state index in [-0.39, 0.29) is 5.91 Å². The van der Waals surface area contributed by atoms with Crippen molar-refractivity contribution in [2.24, 2.45) is 5.73 Å². The molecule has 22 heavy (non-hydrogen) atoms. The zero-order valence-electron chi connectivity index (χ0n) is 12.6. The molecule has 0 unspecified atom stereocenters. The molecule has 2 heterocycles. The Morgan fingerprint density at radius 1 is 1.23 bits per heavy atom. The second-order valence-corrected chi connectivity index (χ2v) is 4.78. The van der Waals surface area contributed by atoms with Crippen molar-refractivity contribution >= 4 is 5.91 Å². The second-order valence-electron chi connectivity index (χ2n) is 4.78. The summed E-state index contributed by atoms with van der Waals surface area (Å²) in [6.07, 6.45) is 3.32. The third-order valence-electron chi connectivity index (χ3n) is 3.20. The van der Waals surface area contributed by atoms with Crippen LogP contribution in [0.3, 0.4) is 0 Å². The normalized spacial score (nSPS) is 10.5. The Hall–Kier alpha value is -2.31. The molecule has 0 aliphatic heterocycles. The number of rotatable bonds is 7. The summed E-state index contributed by atoms with van der Waals surface area (Å²) in [5.74, 6) is -0.0835. The number of carbonyl (C=O) groups excluding carboxylic acids is 1. The van der Waals surface area contributed by atoms with Crippen LogP contribution in [0.4, 0.5) is 0 Å². The van der Waals surface area contributed by atoms with Gasteiger partial charge in [0.2, 0.25) is 0 Å². The molecule has 0 aliphatic rings. The first-order chi connectivity index (χ1) is 10.7. The topological polar surface area (TPSA) is 81.3 Å². The number of nitrogens with zero attached hydrogens (tertiary/aromatic N) is 3. The van der Waals surface area contributed by atoms with Crippen molar-refractivity contribution in [2.75, 3.05) is 20.3 Å². The van der Waals surface area contributed by atoms with E-state index in [1.54, 1.807) is 36.5 Å². The van der Waals surface area contributed by atoms with Gasteiger partial charge in [-0.2, -0.15) is 0 Å². The van der Waals surface area contributed by atoms with Gasteiger partial charge in [-0.05, 0) is 24.3 Å². The van der Waals surface area contributed by atoms with Crippen LogP contribution in [-0.4, -0.2) is 41.0 Å². The Bertz CT molecular complexity index is 604. The molecule has 116 valence electrons. The molecule has 0 bridgehead atoms. The minimum absolute atomic E-state index is 0.0835. The van der Waals surface area contributed by atoms with E-state index in [9.17, 15) is 4.79 Å². The largest absolute Gasteiger partial charge is 0.383 e. The van der Waals surface area contributed by atoms with Crippen molar-refractivity contribution in [3.05, 3.63) is 59.7 Å². The summed E-state index contributed by atoms with van der Waals surface area (Å²) in [4.78, 5) is 22.8. The van der Waals surface area contributed by atoms with Crippen LogP contribution in [0.25, 0.3) is 0 Å². The maximum absolute atomic E-state index is 12.7. The summed E-state index contributed by atoms with van der Waals surface area (Å²) in [7, 11) is 1.61. The molecule has 0 atom stereocenters. The van der Waals surface area contributed by atoms with Gasteiger partial charge in [0.05, 0.1) is 24.5 Å². The zero-order valence-corrected chi connectivity index (χ0v) is 12.6. The molecule has 2 rings (SSSR count). The standard InChI is InChI=1S/C16H20N4O2/c1-22-9-8-20(12-14-4-2-3-6-18-14)16(21)13-5-7-19-15(10-13)11-17/h2-7,10H,8-9,11-12,17H2,1H3. The van der Waals surface area contributed by atoms with Gasteiger partial charge in [-0.1, -0.05) is 6.07 Å². The van der Waals surface area contributed by atoms with E-state index in [1.165, 1.54) is 0 Å². The summed E-state index contributed by atoms with van der Waals surface area (Å²) < 4.78 is 5.09. The average molecular weight is 300 g/mol. The van der Waals surface area contributed by atoms with Crippen LogP contribution < -0.4 is 5.73 Å². The highest BCUT2D eigenvalue weighted by atomic mass is 16.5. The van der Waals surface area contributed by atoms with Crippen LogP contribution in [0, 0.1) is 0 Å². The Morgan fingerprint density at radius 3 is 2.73 bits per heavy atom. The first-order valence-corrected chi connectivity index (χ1v) is 7.07. The third-order valence-corrected chi connectivity index (χ3v) is 3.20. The predicted molar refractivity (Wildman–Crippen MR) is 83.0 cm³/mol. The molecule has 0 aromatic carbocycles. The van der Waals surface area contributed by atoms with E-state index in [1.807, 2.05) is 18.2 Å². The molecule has 6 heteroatoms. The fourth-order valence-electron chi connectivity index (χ4n) is 2.05. The van der Waals surface area contributed by atoms with Crippen molar-refractivity contribution in [3.8, 4) is 0 Å². The monoisotopic (exact) mass is 300 g/mol. The van der Waals surface area contributed by atoms with Gasteiger partial charge >= 0.3 is 0 Å². The Balaban J connectivity index is 2.18. The number of carbonyl (C=O) groups is 1. The van der Waals surface area contributed by atoms with E-state index in [0.29, 0.717) is 37.5 Å². The fraction of sp³-hybridized carbons (Fsp3) is 0.312. The van der Waals surface area contributed by atoms with E-state index < -0.39 is 0 Å². The molecule has 2 aromatic heterocycles. The summed E-state index contributed by atoms with van der Waals surface area (Å²) in [5, 5.41) is 0. The Labute approximate surface area is 129 Å². The van der Waals surface area contributed by atoms with Gasteiger partial charge in [0.15, 0.2) is 0 Å². The number of amides is 1. The maximum atomic E-state index is 12.7. The summed E-state index contributed by atoms with van der Waals surface area (Å²) in [5.41, 5.74) is 7.68. The predicted octanol–water partition coefficient (Wildman–Crippen LogP) is 1.22. The van der Waals surface area contributed by atoms with Crippen molar-refractivity contribution in [2.45, 2.75) is 13.1 Å². The van der Waals surface area contributed by atoms with Crippen molar-refractivity contribution < 1.29 is 9.53 Å². The van der Waals surface area contributed by atoms with Crippen molar-refractivity contribution in [3.63, 3.8) is 0 Å². The molecular weight excluding hydrogens is 280 g/mol. The average Bonchev–Trinajstić information content (AvgIpc) is 2.59. The maximum Gasteiger partial charge on any atom is 0.254 e. The number of pyridine rings is 2. The highest BCUT2D eigenvalue weighted by molar-refractivity contribution is 5.94. The Kier molecular flexibility index (Phi) is 6.00. The van der Waals surface area contributed by atoms with Gasteiger partial charge in [-0.25, -0.2) is 0 Å². The second kappa shape index (κ2) is 8.21. The lowest BCUT2D eigenvalue weighted by atomic mass is 10.2. The SMILES string of the molecule is COCCN(Cc1ccccn1)C(=O)c1ccnc(CN)c1. The van der Waals surface area contributed by atoms with Gasteiger partial charge in [0.1, 0.15) is 0 Å². The van der Waals surface area contributed by atoms with Crippen LogP contribution in [-0.2, 0) is 17.8 Å². The zero-order chi connectivity index (χ0) is 15.8. The van der Waals surface area contributed by atoms with Crippen molar-refractivity contribution in [1.29, 1.82) is 0 Å². The van der Waals surface area contributed by atoms with E-state index in [4.69, 9.17) is 10.5 Å². The lowest BCUT2D eigenvalue weighted by Crippen LogP contribution is -2.33. The minimum atomic E-state index is -0.0835. The number of nitrogens with two attached hydrogens (primary N) is 1. The van der Waals surface area contributed by atoms with Gasteiger partial charge in [0, 0.05) is 38.2 Å². The van der Waals surface area contributed by atoms with Gasteiger partial charge in [-0.3, -0.25) is 14.8 Å². The van der Waals surface area contributed by atoms with Crippen LogP contribution in [0.5, 0.6) is 0 Å². The molecule has 2 N–H and O–H groups in total. The number of methoxy groups -OCH3 is 1. The smallest absolute Gasteiger partial charge is 0.254 e. The molecule has 0 aliphatic carbocycles. The minimum Gasteiger partial charge on any atom is -0.383 e. The van der Waals surface area contributed by atoms with Gasteiger partial charge in [-0.15, -0.1) is 0 Å². The molecular formula is C16H20N4O2. The molecule has 1 amide bonds. The number of aromatic nitrogens is 2. The molecule has 2 aromatic rings. The lowest BCUT2D eigenvalue weighted by Gasteiger charge is -2.22.